The Labute approximate surface area is 145 Å². The van der Waals surface area contributed by atoms with Gasteiger partial charge in [-0.2, -0.15) is 0 Å². The van der Waals surface area contributed by atoms with Crippen LogP contribution in [0.25, 0.3) is 0 Å². The molecule has 0 saturated heterocycles. The van der Waals surface area contributed by atoms with Gasteiger partial charge in [0.1, 0.15) is 11.6 Å². The van der Waals surface area contributed by atoms with E-state index in [0.717, 1.165) is 0 Å². The number of rotatable bonds is 6. The largest absolute Gasteiger partial charge is 0.459 e. The molecule has 2 aromatic rings. The minimum Gasteiger partial charge on any atom is -0.459 e. The van der Waals surface area contributed by atoms with Crippen molar-refractivity contribution in [3.63, 3.8) is 0 Å². The molecule has 0 amide bonds. The molecule has 1 atom stereocenters. The number of hydrogen-bond donors (Lipinski definition) is 0. The van der Waals surface area contributed by atoms with Gasteiger partial charge >= 0.3 is 5.97 Å². The summed E-state index contributed by atoms with van der Waals surface area (Å²) < 4.78 is 5.58. The van der Waals surface area contributed by atoms with Crippen molar-refractivity contribution in [2.45, 2.75) is 52.4 Å². The molecule has 3 nitrogen and oxygen atoms in total. The Bertz CT molecular complexity index is 590. The fourth-order valence-corrected chi connectivity index (χ4v) is 2.50. The number of hydrogen-bond acceptors (Lipinski definition) is 3. The zero-order valence-electron chi connectivity index (χ0n) is 15.0. The molecule has 3 heteroatoms. The van der Waals surface area contributed by atoms with Crippen molar-refractivity contribution in [2.24, 2.45) is 0 Å². The lowest BCUT2D eigenvalue weighted by Gasteiger charge is -2.30. The minimum absolute atomic E-state index is 0.186. The van der Waals surface area contributed by atoms with Gasteiger partial charge in [0.05, 0.1) is 0 Å². The average molecular weight is 325 g/mol. The molecular formula is C21H27NO2. The quantitative estimate of drug-likeness (QED) is 0.736. The Morgan fingerprint density at radius 1 is 0.917 bits per heavy atom. The predicted molar refractivity (Wildman–Crippen MR) is 97.4 cm³/mol. The normalized spacial score (nSPS) is 12.9. The molecule has 1 unspecified atom stereocenters. The van der Waals surface area contributed by atoms with E-state index in [1.165, 1.54) is 11.1 Å². The second kappa shape index (κ2) is 8.11. The van der Waals surface area contributed by atoms with E-state index in [1.54, 1.807) is 0 Å². The van der Waals surface area contributed by atoms with Crippen LogP contribution >= 0.6 is 0 Å². The van der Waals surface area contributed by atoms with Crippen molar-refractivity contribution in [1.82, 2.24) is 4.90 Å². The van der Waals surface area contributed by atoms with Crippen LogP contribution < -0.4 is 0 Å². The van der Waals surface area contributed by atoms with E-state index in [-0.39, 0.29) is 12.0 Å². The first-order valence-electron chi connectivity index (χ1n) is 8.40. The van der Waals surface area contributed by atoms with Crippen molar-refractivity contribution in [2.75, 3.05) is 0 Å². The van der Waals surface area contributed by atoms with Gasteiger partial charge in [-0.15, -0.1) is 0 Å². The molecule has 128 valence electrons. The van der Waals surface area contributed by atoms with E-state index < -0.39 is 5.60 Å². The fraction of sp³-hybridized carbons (Fsp3) is 0.381. The molecule has 2 rings (SSSR count). The first-order chi connectivity index (χ1) is 11.3. The predicted octanol–water partition coefficient (Wildman–Crippen LogP) is 4.42. The van der Waals surface area contributed by atoms with Gasteiger partial charge in [0.15, 0.2) is 0 Å². The van der Waals surface area contributed by atoms with Gasteiger partial charge in [-0.3, -0.25) is 9.69 Å². The van der Waals surface area contributed by atoms with Crippen LogP contribution in [0.3, 0.4) is 0 Å². The third-order valence-electron chi connectivity index (χ3n) is 3.75. The maximum absolute atomic E-state index is 12.5. The SMILES string of the molecule is CC(C(=O)OC(C)(C)C)N(Cc1ccccc1)Cc1ccccc1. The number of carbonyl (C=O) groups is 1. The van der Waals surface area contributed by atoms with E-state index in [9.17, 15) is 4.79 Å². The van der Waals surface area contributed by atoms with Crippen LogP contribution in [0.5, 0.6) is 0 Å². The number of carbonyl (C=O) groups excluding carboxylic acids is 1. The lowest BCUT2D eigenvalue weighted by Crippen LogP contribution is -2.41. The molecule has 0 aliphatic rings. The summed E-state index contributed by atoms with van der Waals surface area (Å²) in [6, 6.07) is 20.1. The molecular weight excluding hydrogens is 298 g/mol. The van der Waals surface area contributed by atoms with Crippen LogP contribution in [0.4, 0.5) is 0 Å². The van der Waals surface area contributed by atoms with E-state index in [1.807, 2.05) is 64.1 Å². The lowest BCUT2D eigenvalue weighted by molar-refractivity contribution is -0.161. The maximum Gasteiger partial charge on any atom is 0.323 e. The standard InChI is InChI=1S/C21H27NO2/c1-17(20(23)24-21(2,3)4)22(15-18-11-7-5-8-12-18)16-19-13-9-6-10-14-19/h5-14,17H,15-16H2,1-4H3. The van der Waals surface area contributed by atoms with Gasteiger partial charge in [-0.1, -0.05) is 60.7 Å². The van der Waals surface area contributed by atoms with Crippen molar-refractivity contribution in [3.05, 3.63) is 71.8 Å². The number of ether oxygens (including phenoxy) is 1. The topological polar surface area (TPSA) is 29.5 Å². The summed E-state index contributed by atoms with van der Waals surface area (Å²) in [5.74, 6) is -0.186. The summed E-state index contributed by atoms with van der Waals surface area (Å²) in [6.07, 6.45) is 0. The summed E-state index contributed by atoms with van der Waals surface area (Å²) in [6.45, 7) is 9.02. The van der Waals surface area contributed by atoms with Crippen LogP contribution in [0, 0.1) is 0 Å². The molecule has 0 aliphatic carbocycles. The highest BCUT2D eigenvalue weighted by Crippen LogP contribution is 2.17. The summed E-state index contributed by atoms with van der Waals surface area (Å²) in [4.78, 5) is 14.7. The Morgan fingerprint density at radius 3 is 1.71 bits per heavy atom. The lowest BCUT2D eigenvalue weighted by atomic mass is 10.1. The minimum atomic E-state index is -0.476. The van der Waals surface area contributed by atoms with Crippen LogP contribution in [0.1, 0.15) is 38.8 Å². The Balaban J connectivity index is 2.16. The fourth-order valence-electron chi connectivity index (χ4n) is 2.50. The van der Waals surface area contributed by atoms with Gasteiger partial charge in [-0.05, 0) is 38.8 Å². The molecule has 2 aromatic carbocycles. The van der Waals surface area contributed by atoms with Crippen LogP contribution in [-0.4, -0.2) is 22.5 Å². The Morgan fingerprint density at radius 2 is 1.33 bits per heavy atom. The Kier molecular flexibility index (Phi) is 6.16. The molecule has 0 N–H and O–H groups in total. The smallest absolute Gasteiger partial charge is 0.323 e. The molecule has 0 bridgehead atoms. The first-order valence-corrected chi connectivity index (χ1v) is 8.40. The van der Waals surface area contributed by atoms with Crippen molar-refractivity contribution in [3.8, 4) is 0 Å². The monoisotopic (exact) mass is 325 g/mol. The summed E-state index contributed by atoms with van der Waals surface area (Å²) in [5.41, 5.74) is 1.89. The zero-order chi connectivity index (χ0) is 17.6. The average Bonchev–Trinajstić information content (AvgIpc) is 2.54. The highest BCUT2D eigenvalue weighted by Gasteiger charge is 2.26. The second-order valence-corrected chi connectivity index (χ2v) is 7.09. The number of esters is 1. The molecule has 0 aromatic heterocycles. The molecule has 0 aliphatic heterocycles. The van der Waals surface area contributed by atoms with Crippen molar-refractivity contribution >= 4 is 5.97 Å². The molecule has 24 heavy (non-hydrogen) atoms. The van der Waals surface area contributed by atoms with E-state index in [2.05, 4.69) is 29.2 Å². The second-order valence-electron chi connectivity index (χ2n) is 7.09. The summed E-state index contributed by atoms with van der Waals surface area (Å²) in [7, 11) is 0. The van der Waals surface area contributed by atoms with Crippen LogP contribution in [-0.2, 0) is 22.6 Å². The number of benzene rings is 2. The van der Waals surface area contributed by atoms with Crippen LogP contribution in [0.15, 0.2) is 60.7 Å². The van der Waals surface area contributed by atoms with Crippen molar-refractivity contribution < 1.29 is 9.53 Å². The molecule has 0 radical (unpaired) electrons. The highest BCUT2D eigenvalue weighted by molar-refractivity contribution is 5.75. The summed E-state index contributed by atoms with van der Waals surface area (Å²) >= 11 is 0. The molecule has 0 heterocycles. The van der Waals surface area contributed by atoms with Gasteiger partial charge in [0.2, 0.25) is 0 Å². The van der Waals surface area contributed by atoms with Crippen LogP contribution in [0.2, 0.25) is 0 Å². The third-order valence-corrected chi connectivity index (χ3v) is 3.75. The van der Waals surface area contributed by atoms with E-state index in [4.69, 9.17) is 4.74 Å². The third kappa shape index (κ3) is 5.82. The highest BCUT2D eigenvalue weighted by atomic mass is 16.6. The number of nitrogens with zero attached hydrogens (tertiary/aromatic N) is 1. The summed E-state index contributed by atoms with van der Waals surface area (Å²) in [5, 5.41) is 0. The molecule has 0 fully saturated rings. The van der Waals surface area contributed by atoms with Gasteiger partial charge < -0.3 is 4.74 Å². The van der Waals surface area contributed by atoms with Gasteiger partial charge in [-0.25, -0.2) is 0 Å². The Hall–Kier alpha value is -2.13. The van der Waals surface area contributed by atoms with Gasteiger partial charge in [0, 0.05) is 13.1 Å². The zero-order valence-corrected chi connectivity index (χ0v) is 15.0. The molecule has 0 spiro atoms. The maximum atomic E-state index is 12.5. The molecule has 0 saturated carbocycles. The van der Waals surface area contributed by atoms with E-state index in [0.29, 0.717) is 13.1 Å². The van der Waals surface area contributed by atoms with Crippen molar-refractivity contribution in [1.29, 1.82) is 0 Å². The van der Waals surface area contributed by atoms with E-state index >= 15 is 0 Å². The first kappa shape index (κ1) is 18.2. The van der Waals surface area contributed by atoms with Gasteiger partial charge in [0.25, 0.3) is 0 Å².